The molecule has 106 valence electrons. The van der Waals surface area contributed by atoms with Crippen molar-refractivity contribution in [2.45, 2.75) is 44.0 Å². The lowest BCUT2D eigenvalue weighted by atomic mass is 10.1. The van der Waals surface area contributed by atoms with E-state index in [1.54, 1.807) is 0 Å². The lowest BCUT2D eigenvalue weighted by Crippen LogP contribution is -2.49. The third-order valence-electron chi connectivity index (χ3n) is 4.36. The maximum absolute atomic E-state index is 12.1. The zero-order valence-corrected chi connectivity index (χ0v) is 11.5. The van der Waals surface area contributed by atoms with Gasteiger partial charge >= 0.3 is 0 Å². The van der Waals surface area contributed by atoms with E-state index in [9.17, 15) is 4.79 Å². The molecular formula is C14H18N4O2. The molecule has 6 heteroatoms. The molecule has 3 heterocycles. The van der Waals surface area contributed by atoms with Gasteiger partial charge in [0.05, 0.1) is 12.7 Å². The average Bonchev–Trinajstić information content (AvgIpc) is 3.24. The van der Waals surface area contributed by atoms with Gasteiger partial charge in [-0.1, -0.05) is 0 Å². The second-order valence-corrected chi connectivity index (χ2v) is 5.82. The van der Waals surface area contributed by atoms with Crippen LogP contribution in [-0.2, 0) is 9.53 Å². The van der Waals surface area contributed by atoms with E-state index < -0.39 is 0 Å². The van der Waals surface area contributed by atoms with Gasteiger partial charge in [0, 0.05) is 30.4 Å². The van der Waals surface area contributed by atoms with Crippen LogP contribution in [0.15, 0.2) is 12.4 Å². The van der Waals surface area contributed by atoms with E-state index in [-0.39, 0.29) is 24.2 Å². The van der Waals surface area contributed by atoms with E-state index in [0.717, 1.165) is 17.9 Å². The van der Waals surface area contributed by atoms with Gasteiger partial charge in [0.25, 0.3) is 0 Å². The number of fused-ring (bicyclic) bond motifs is 1. The van der Waals surface area contributed by atoms with Crippen molar-refractivity contribution < 1.29 is 9.53 Å². The fourth-order valence-corrected chi connectivity index (χ4v) is 3.12. The van der Waals surface area contributed by atoms with Gasteiger partial charge in [0.2, 0.25) is 5.91 Å². The maximum Gasteiger partial charge on any atom is 0.241 e. The summed E-state index contributed by atoms with van der Waals surface area (Å²) in [6, 6.07) is -0.197. The molecule has 2 saturated heterocycles. The van der Waals surface area contributed by atoms with Crippen LogP contribution in [0.2, 0.25) is 0 Å². The van der Waals surface area contributed by atoms with Crippen molar-refractivity contribution in [1.82, 2.24) is 20.2 Å². The Balaban J connectivity index is 1.59. The quantitative estimate of drug-likeness (QED) is 0.854. The molecule has 0 spiro atoms. The van der Waals surface area contributed by atoms with Crippen molar-refractivity contribution in [3.63, 3.8) is 0 Å². The van der Waals surface area contributed by atoms with Crippen LogP contribution in [-0.4, -0.2) is 46.1 Å². The fourth-order valence-electron chi connectivity index (χ4n) is 3.12. The van der Waals surface area contributed by atoms with Crippen molar-refractivity contribution >= 4 is 5.91 Å². The number of amides is 1. The molecule has 0 bridgehead atoms. The van der Waals surface area contributed by atoms with Crippen molar-refractivity contribution in [2.75, 3.05) is 13.2 Å². The number of hydrogen-bond donors (Lipinski definition) is 1. The molecule has 1 saturated carbocycles. The van der Waals surface area contributed by atoms with E-state index in [1.165, 1.54) is 12.8 Å². The van der Waals surface area contributed by atoms with Crippen LogP contribution in [0.4, 0.5) is 0 Å². The van der Waals surface area contributed by atoms with Crippen LogP contribution in [0.3, 0.4) is 0 Å². The average molecular weight is 274 g/mol. The molecule has 6 nitrogen and oxygen atoms in total. The Morgan fingerprint density at radius 2 is 2.10 bits per heavy atom. The number of nitrogens with zero attached hydrogens (tertiary/aromatic N) is 3. The Morgan fingerprint density at radius 3 is 2.80 bits per heavy atom. The standard InChI is InChI=1S/C14H18N4O2/c1-8-11-14(19)17-13(18(11)4-5-20-8)10-6-15-12(16-7-10)9-2-3-9/h6-9,11,13H,2-5H2,1H3,(H,17,19)/t8-,11+,13?/m1/s1. The third-order valence-corrected chi connectivity index (χ3v) is 4.36. The number of carbonyl (C=O) groups excluding carboxylic acids is 1. The number of carbonyl (C=O) groups is 1. The van der Waals surface area contributed by atoms with Gasteiger partial charge in [-0.25, -0.2) is 9.97 Å². The van der Waals surface area contributed by atoms with Crippen LogP contribution in [0, 0.1) is 0 Å². The minimum absolute atomic E-state index is 0.0356. The summed E-state index contributed by atoms with van der Waals surface area (Å²) in [5.74, 6) is 1.52. The smallest absolute Gasteiger partial charge is 0.241 e. The number of rotatable bonds is 2. The SMILES string of the molecule is C[C@H]1OCCN2C(c3cnc(C4CC4)nc3)NC(=O)[C@H]12. The highest BCUT2D eigenvalue weighted by Gasteiger charge is 2.46. The highest BCUT2D eigenvalue weighted by atomic mass is 16.5. The predicted octanol–water partition coefficient (Wildman–Crippen LogP) is 0.572. The summed E-state index contributed by atoms with van der Waals surface area (Å²) in [5, 5.41) is 3.03. The lowest BCUT2D eigenvalue weighted by Gasteiger charge is -2.35. The summed E-state index contributed by atoms with van der Waals surface area (Å²) in [6.45, 7) is 3.36. The van der Waals surface area contributed by atoms with E-state index in [2.05, 4.69) is 20.2 Å². The molecule has 2 aliphatic heterocycles. The first kappa shape index (κ1) is 12.2. The lowest BCUT2D eigenvalue weighted by molar-refractivity contribution is -0.129. The van der Waals surface area contributed by atoms with Gasteiger partial charge in [0.15, 0.2) is 0 Å². The Morgan fingerprint density at radius 1 is 1.35 bits per heavy atom. The van der Waals surface area contributed by atoms with Gasteiger partial charge in [-0.15, -0.1) is 0 Å². The molecule has 3 fully saturated rings. The molecule has 1 aromatic rings. The van der Waals surface area contributed by atoms with Crippen LogP contribution < -0.4 is 5.32 Å². The summed E-state index contributed by atoms with van der Waals surface area (Å²) in [4.78, 5) is 23.2. The van der Waals surface area contributed by atoms with Gasteiger partial charge in [-0.2, -0.15) is 0 Å². The first-order valence-electron chi connectivity index (χ1n) is 7.23. The third kappa shape index (κ3) is 1.91. The van der Waals surface area contributed by atoms with Gasteiger partial charge in [-0.3, -0.25) is 9.69 Å². The number of morpholine rings is 1. The van der Waals surface area contributed by atoms with Crippen LogP contribution in [0.25, 0.3) is 0 Å². The molecule has 3 aliphatic rings. The summed E-state index contributed by atoms with van der Waals surface area (Å²) in [7, 11) is 0. The topological polar surface area (TPSA) is 67.3 Å². The molecule has 0 radical (unpaired) electrons. The predicted molar refractivity (Wildman–Crippen MR) is 70.8 cm³/mol. The monoisotopic (exact) mass is 274 g/mol. The summed E-state index contributed by atoms with van der Waals surface area (Å²) in [6.07, 6.45) is 5.92. The molecular weight excluding hydrogens is 256 g/mol. The van der Waals surface area contributed by atoms with E-state index in [1.807, 2.05) is 19.3 Å². The summed E-state index contributed by atoms with van der Waals surface area (Å²) in [5.41, 5.74) is 0.958. The largest absolute Gasteiger partial charge is 0.375 e. The number of nitrogens with one attached hydrogen (secondary N) is 1. The van der Waals surface area contributed by atoms with Crippen LogP contribution >= 0.6 is 0 Å². The van der Waals surface area contributed by atoms with Crippen LogP contribution in [0.5, 0.6) is 0 Å². The zero-order valence-electron chi connectivity index (χ0n) is 11.5. The Hall–Kier alpha value is -1.53. The molecule has 1 N–H and O–H groups in total. The van der Waals surface area contributed by atoms with E-state index >= 15 is 0 Å². The molecule has 1 aromatic heterocycles. The molecule has 4 rings (SSSR count). The highest BCUT2D eigenvalue weighted by Crippen LogP contribution is 2.38. The highest BCUT2D eigenvalue weighted by molar-refractivity contribution is 5.85. The number of ether oxygens (including phenoxy) is 1. The van der Waals surface area contributed by atoms with Crippen molar-refractivity contribution in [2.24, 2.45) is 0 Å². The Labute approximate surface area is 117 Å². The zero-order chi connectivity index (χ0) is 13.7. The molecule has 1 amide bonds. The van der Waals surface area contributed by atoms with Crippen molar-refractivity contribution in [3.8, 4) is 0 Å². The number of aromatic nitrogens is 2. The van der Waals surface area contributed by atoms with Crippen molar-refractivity contribution in [1.29, 1.82) is 0 Å². The minimum atomic E-state index is -0.197. The van der Waals surface area contributed by atoms with E-state index in [4.69, 9.17) is 4.74 Å². The first-order valence-corrected chi connectivity index (χ1v) is 7.23. The fraction of sp³-hybridized carbons (Fsp3) is 0.643. The second kappa shape index (κ2) is 4.49. The van der Waals surface area contributed by atoms with Crippen LogP contribution in [0.1, 0.15) is 43.2 Å². The first-order chi connectivity index (χ1) is 9.74. The normalized spacial score (nSPS) is 33.9. The summed E-state index contributed by atoms with van der Waals surface area (Å²) >= 11 is 0. The summed E-state index contributed by atoms with van der Waals surface area (Å²) < 4.78 is 5.57. The number of hydrogen-bond acceptors (Lipinski definition) is 5. The molecule has 1 unspecified atom stereocenters. The van der Waals surface area contributed by atoms with Crippen molar-refractivity contribution in [3.05, 3.63) is 23.8 Å². The molecule has 20 heavy (non-hydrogen) atoms. The molecule has 3 atom stereocenters. The van der Waals surface area contributed by atoms with Gasteiger partial charge in [-0.05, 0) is 19.8 Å². The van der Waals surface area contributed by atoms with E-state index in [0.29, 0.717) is 12.5 Å². The maximum atomic E-state index is 12.1. The Bertz CT molecular complexity index is 528. The molecule has 0 aromatic carbocycles. The van der Waals surface area contributed by atoms with Gasteiger partial charge in [0.1, 0.15) is 18.0 Å². The van der Waals surface area contributed by atoms with Gasteiger partial charge < -0.3 is 10.1 Å². The Kier molecular flexibility index (Phi) is 2.75. The molecule has 1 aliphatic carbocycles. The second-order valence-electron chi connectivity index (χ2n) is 5.82. The minimum Gasteiger partial charge on any atom is -0.375 e.